The molecule has 1 unspecified atom stereocenters. The SMILES string of the molecule is COc1c(OCCCN2CCOCC2)ccc2c1N=C(NC(=O)c1cnc(NS(N)(=O)=O)nc1)N1CCNC21. The molecule has 15 nitrogen and oxygen atoms in total. The van der Waals surface area contributed by atoms with Crippen molar-refractivity contribution in [1.82, 2.24) is 30.4 Å². The highest BCUT2D eigenvalue weighted by atomic mass is 32.2. The lowest BCUT2D eigenvalue weighted by Crippen LogP contribution is -2.46. The van der Waals surface area contributed by atoms with Crippen molar-refractivity contribution in [2.24, 2.45) is 10.1 Å². The zero-order valence-corrected chi connectivity index (χ0v) is 22.2. The number of ether oxygens (including phenoxy) is 3. The average molecular weight is 562 g/mol. The van der Waals surface area contributed by atoms with Crippen molar-refractivity contribution in [3.8, 4) is 11.5 Å². The topological polar surface area (TPSA) is 186 Å². The predicted molar refractivity (Wildman–Crippen MR) is 141 cm³/mol. The number of rotatable bonds is 9. The van der Waals surface area contributed by atoms with E-state index in [2.05, 4.69) is 25.5 Å². The summed E-state index contributed by atoms with van der Waals surface area (Å²) in [5.41, 5.74) is 1.58. The minimum atomic E-state index is -4.03. The van der Waals surface area contributed by atoms with Gasteiger partial charge in [0.15, 0.2) is 11.5 Å². The Morgan fingerprint density at radius 1 is 1.23 bits per heavy atom. The van der Waals surface area contributed by atoms with Crippen LogP contribution in [0.2, 0.25) is 0 Å². The largest absolute Gasteiger partial charge is 0.491 e. The molecule has 3 aliphatic heterocycles. The summed E-state index contributed by atoms with van der Waals surface area (Å²) in [4.78, 5) is 29.7. The summed E-state index contributed by atoms with van der Waals surface area (Å²) in [6, 6.07) is 3.84. The molecule has 1 amide bonds. The van der Waals surface area contributed by atoms with Crippen LogP contribution < -0.4 is 30.0 Å². The molecular formula is C23H31N9O6S. The molecule has 0 saturated carbocycles. The fourth-order valence-corrected chi connectivity index (χ4v) is 5.01. The Hall–Kier alpha value is -3.57. The van der Waals surface area contributed by atoms with Crippen molar-refractivity contribution < 1.29 is 27.4 Å². The number of aliphatic imine (C=N–C) groups is 1. The van der Waals surface area contributed by atoms with Crippen LogP contribution in [0.5, 0.6) is 11.5 Å². The number of morpholine rings is 1. The number of carbonyl (C=O) groups excluding carboxylic acids is 1. The normalized spacial score (nSPS) is 19.1. The lowest BCUT2D eigenvalue weighted by molar-refractivity contribution is 0.0357. The Bertz CT molecular complexity index is 1330. The van der Waals surface area contributed by atoms with Gasteiger partial charge in [0, 0.05) is 50.7 Å². The second kappa shape index (κ2) is 11.7. The molecule has 5 rings (SSSR count). The van der Waals surface area contributed by atoms with E-state index in [1.165, 1.54) is 12.4 Å². The van der Waals surface area contributed by atoms with Crippen LogP contribution in [0.15, 0.2) is 29.5 Å². The molecule has 39 heavy (non-hydrogen) atoms. The standard InChI is InChI=1S/C23H31N9O6S/c1-36-19-17(38-10-2-6-31-8-11-37-12-9-31)4-3-16-18(19)28-23(32-7-5-25-20(16)32)29-21(33)15-13-26-22(27-14-15)30-39(24,34)35/h3-4,13-14,20,25H,2,5-12H2,1H3,(H2,24,34,35)(H,26,27,30)(H,28,29,33). The predicted octanol–water partition coefficient (Wildman–Crippen LogP) is -0.463. The summed E-state index contributed by atoms with van der Waals surface area (Å²) in [5, 5.41) is 11.2. The van der Waals surface area contributed by atoms with Crippen LogP contribution in [0.3, 0.4) is 0 Å². The number of guanidine groups is 1. The maximum absolute atomic E-state index is 13.0. The average Bonchev–Trinajstić information content (AvgIpc) is 3.42. The van der Waals surface area contributed by atoms with Gasteiger partial charge in [-0.25, -0.2) is 24.8 Å². The molecule has 0 aliphatic carbocycles. The fourth-order valence-electron chi connectivity index (χ4n) is 4.65. The molecule has 2 fully saturated rings. The number of aromatic nitrogens is 2. The van der Waals surface area contributed by atoms with Gasteiger partial charge in [-0.15, -0.1) is 0 Å². The number of hydrogen-bond acceptors (Lipinski definition) is 12. The van der Waals surface area contributed by atoms with Crippen molar-refractivity contribution in [1.29, 1.82) is 0 Å². The van der Waals surface area contributed by atoms with Crippen molar-refractivity contribution in [2.45, 2.75) is 12.6 Å². The maximum atomic E-state index is 13.0. The number of nitrogens with two attached hydrogens (primary N) is 1. The lowest BCUT2D eigenvalue weighted by Gasteiger charge is -2.33. The summed E-state index contributed by atoms with van der Waals surface area (Å²) < 4.78 is 41.5. The second-order valence-corrected chi connectivity index (χ2v) is 10.4. The number of nitrogens with one attached hydrogen (secondary N) is 3. The van der Waals surface area contributed by atoms with Gasteiger partial charge in [-0.2, -0.15) is 8.42 Å². The van der Waals surface area contributed by atoms with Crippen molar-refractivity contribution in [2.75, 3.05) is 64.4 Å². The molecule has 1 aromatic heterocycles. The Balaban J connectivity index is 1.32. The third kappa shape index (κ3) is 6.36. The highest BCUT2D eigenvalue weighted by molar-refractivity contribution is 7.90. The van der Waals surface area contributed by atoms with Crippen LogP contribution in [0.1, 0.15) is 28.5 Å². The first-order chi connectivity index (χ1) is 18.8. The van der Waals surface area contributed by atoms with Gasteiger partial charge >= 0.3 is 0 Å². The molecule has 1 aromatic carbocycles. The Morgan fingerprint density at radius 2 is 2.00 bits per heavy atom. The van der Waals surface area contributed by atoms with Gasteiger partial charge in [0.1, 0.15) is 11.9 Å². The minimum absolute atomic E-state index is 0.108. The summed E-state index contributed by atoms with van der Waals surface area (Å²) in [6.07, 6.45) is 3.03. The number of carbonyl (C=O) groups is 1. The summed E-state index contributed by atoms with van der Waals surface area (Å²) >= 11 is 0. The maximum Gasteiger partial charge on any atom is 0.298 e. The molecule has 5 N–H and O–H groups in total. The van der Waals surface area contributed by atoms with Gasteiger partial charge in [-0.1, -0.05) is 0 Å². The Kier molecular flexibility index (Phi) is 8.08. The first-order valence-electron chi connectivity index (χ1n) is 12.5. The number of nitrogens with zero attached hydrogens (tertiary/aromatic N) is 5. The lowest BCUT2D eigenvalue weighted by atomic mass is 10.1. The number of hydrogen-bond donors (Lipinski definition) is 4. The van der Waals surface area contributed by atoms with E-state index in [1.54, 1.807) is 7.11 Å². The van der Waals surface area contributed by atoms with Crippen LogP contribution in [-0.4, -0.2) is 99.7 Å². The second-order valence-electron chi connectivity index (χ2n) is 9.07. The molecule has 2 saturated heterocycles. The van der Waals surface area contributed by atoms with E-state index in [0.29, 0.717) is 42.8 Å². The van der Waals surface area contributed by atoms with E-state index < -0.39 is 16.1 Å². The number of fused-ring (bicyclic) bond motifs is 3. The number of benzene rings is 1. The van der Waals surface area contributed by atoms with Crippen LogP contribution in [-0.2, 0) is 14.9 Å². The first-order valence-corrected chi connectivity index (χ1v) is 14.0. The number of anilines is 1. The molecule has 0 radical (unpaired) electrons. The van der Waals surface area contributed by atoms with Gasteiger partial charge in [-0.3, -0.25) is 20.3 Å². The minimum Gasteiger partial charge on any atom is -0.491 e. The van der Waals surface area contributed by atoms with Crippen molar-refractivity contribution in [3.05, 3.63) is 35.7 Å². The van der Waals surface area contributed by atoms with Gasteiger partial charge in [0.2, 0.25) is 11.9 Å². The third-order valence-electron chi connectivity index (χ3n) is 6.47. The fraction of sp³-hybridized carbons (Fsp3) is 0.478. The molecule has 3 aliphatic rings. The highest BCUT2D eigenvalue weighted by Crippen LogP contribution is 2.46. The van der Waals surface area contributed by atoms with Crippen LogP contribution in [0, 0.1) is 0 Å². The van der Waals surface area contributed by atoms with Gasteiger partial charge in [0.05, 0.1) is 32.5 Å². The molecule has 0 spiro atoms. The van der Waals surface area contributed by atoms with Crippen molar-refractivity contribution in [3.63, 3.8) is 0 Å². The van der Waals surface area contributed by atoms with Crippen LogP contribution in [0.4, 0.5) is 11.6 Å². The van der Waals surface area contributed by atoms with E-state index in [0.717, 1.165) is 44.8 Å². The quantitative estimate of drug-likeness (QED) is 0.290. The monoisotopic (exact) mass is 561 g/mol. The van der Waals surface area contributed by atoms with Gasteiger partial charge in [-0.05, 0) is 18.6 Å². The zero-order chi connectivity index (χ0) is 27.4. The Morgan fingerprint density at radius 3 is 2.72 bits per heavy atom. The van der Waals surface area contributed by atoms with E-state index in [-0.39, 0.29) is 17.7 Å². The molecule has 16 heteroatoms. The highest BCUT2D eigenvalue weighted by Gasteiger charge is 2.36. The van der Waals surface area contributed by atoms with E-state index in [4.69, 9.17) is 24.3 Å². The summed E-state index contributed by atoms with van der Waals surface area (Å²) in [5.74, 6) is 0.631. The molecule has 0 bridgehead atoms. The third-order valence-corrected chi connectivity index (χ3v) is 6.94. The smallest absolute Gasteiger partial charge is 0.298 e. The zero-order valence-electron chi connectivity index (χ0n) is 21.4. The Labute approximate surface area is 225 Å². The van der Waals surface area contributed by atoms with E-state index >= 15 is 0 Å². The van der Waals surface area contributed by atoms with E-state index in [9.17, 15) is 13.2 Å². The van der Waals surface area contributed by atoms with Crippen molar-refractivity contribution >= 4 is 33.7 Å². The molecular weight excluding hydrogens is 530 g/mol. The van der Waals surface area contributed by atoms with Gasteiger partial charge in [0.25, 0.3) is 16.1 Å². The molecule has 4 heterocycles. The molecule has 1 atom stereocenters. The molecule has 210 valence electrons. The first kappa shape index (κ1) is 27.0. The van der Waals surface area contributed by atoms with Crippen LogP contribution in [0.25, 0.3) is 0 Å². The number of amides is 1. The summed E-state index contributed by atoms with van der Waals surface area (Å²) in [6.45, 7) is 6.14. The van der Waals surface area contributed by atoms with Crippen LogP contribution >= 0.6 is 0 Å². The molecule has 2 aromatic rings. The van der Waals surface area contributed by atoms with Gasteiger partial charge < -0.3 is 19.1 Å². The summed E-state index contributed by atoms with van der Waals surface area (Å²) in [7, 11) is -2.47. The number of methoxy groups -OCH3 is 1. The van der Waals surface area contributed by atoms with E-state index in [1.807, 2.05) is 21.8 Å².